The van der Waals surface area contributed by atoms with E-state index in [0.29, 0.717) is 10.6 Å². The minimum atomic E-state index is -0.270. The highest BCUT2D eigenvalue weighted by Crippen LogP contribution is 2.16. The fourth-order valence-corrected chi connectivity index (χ4v) is 2.45. The van der Waals surface area contributed by atoms with Gasteiger partial charge in [0.25, 0.3) is 5.91 Å². The van der Waals surface area contributed by atoms with Gasteiger partial charge in [0.1, 0.15) is 0 Å². The van der Waals surface area contributed by atoms with Crippen molar-refractivity contribution in [1.82, 2.24) is 5.32 Å². The van der Waals surface area contributed by atoms with Crippen LogP contribution in [0, 0.1) is 13.8 Å². The molecular weight excluding hydrogens is 338 g/mol. The summed E-state index contributed by atoms with van der Waals surface area (Å²) in [5, 5.41) is 7.18. The van der Waals surface area contributed by atoms with Crippen molar-refractivity contribution < 1.29 is 9.63 Å². The average molecular weight is 360 g/mol. The molecule has 0 spiro atoms. The molecule has 0 bridgehead atoms. The molecule has 2 aromatic rings. The third-order valence-corrected chi connectivity index (χ3v) is 4.12. The minimum absolute atomic E-state index is 0.121. The van der Waals surface area contributed by atoms with Crippen molar-refractivity contribution in [3.8, 4) is 0 Å². The van der Waals surface area contributed by atoms with Gasteiger partial charge in [0.15, 0.2) is 12.4 Å². The van der Waals surface area contributed by atoms with E-state index in [0.717, 1.165) is 5.56 Å². The van der Waals surface area contributed by atoms with Crippen LogP contribution in [0.5, 0.6) is 0 Å². The Kier molecular flexibility index (Phi) is 6.42. The number of hydrogen-bond acceptors (Lipinski definition) is 3. The van der Waals surface area contributed by atoms with Gasteiger partial charge >= 0.3 is 0 Å². The van der Waals surface area contributed by atoms with Crippen molar-refractivity contribution in [2.75, 3.05) is 6.61 Å². The van der Waals surface area contributed by atoms with Crippen LogP contribution in [-0.2, 0) is 9.63 Å². The Morgan fingerprint density at radius 1 is 1.24 bits per heavy atom. The number of nitrogens with two attached hydrogens (primary N) is 1. The van der Waals surface area contributed by atoms with E-state index in [9.17, 15) is 4.79 Å². The largest absolute Gasteiger partial charge is 0.384 e. The first-order valence-electron chi connectivity index (χ1n) is 7.94. The molecule has 0 radical (unpaired) electrons. The second kappa shape index (κ2) is 8.53. The van der Waals surface area contributed by atoms with Gasteiger partial charge in [0, 0.05) is 10.6 Å². The molecule has 0 aromatic heterocycles. The number of halogens is 1. The van der Waals surface area contributed by atoms with Gasteiger partial charge in [-0.1, -0.05) is 47.1 Å². The highest BCUT2D eigenvalue weighted by molar-refractivity contribution is 6.31. The zero-order valence-corrected chi connectivity index (χ0v) is 15.3. The molecule has 3 N–H and O–H groups in total. The molecular formula is C19H22ClN3O2. The predicted octanol–water partition coefficient (Wildman–Crippen LogP) is 3.47. The Morgan fingerprint density at radius 3 is 2.68 bits per heavy atom. The molecule has 0 aliphatic heterocycles. The van der Waals surface area contributed by atoms with Crippen LogP contribution in [0.4, 0.5) is 0 Å². The molecule has 2 rings (SSSR count). The van der Waals surface area contributed by atoms with Crippen LogP contribution in [-0.4, -0.2) is 18.3 Å². The van der Waals surface area contributed by atoms with Crippen molar-refractivity contribution in [3.63, 3.8) is 0 Å². The third-order valence-electron chi connectivity index (χ3n) is 3.89. The lowest BCUT2D eigenvalue weighted by Crippen LogP contribution is -2.30. The van der Waals surface area contributed by atoms with Crippen LogP contribution in [0.15, 0.2) is 47.6 Å². The fourth-order valence-electron chi connectivity index (χ4n) is 2.26. The molecule has 5 nitrogen and oxygen atoms in total. The monoisotopic (exact) mass is 359 g/mol. The van der Waals surface area contributed by atoms with Gasteiger partial charge in [-0.25, -0.2) is 0 Å². The number of carbonyl (C=O) groups excluding carboxylic acids is 1. The second-order valence-corrected chi connectivity index (χ2v) is 6.33. The zero-order chi connectivity index (χ0) is 18.4. The number of benzene rings is 2. The topological polar surface area (TPSA) is 76.7 Å². The maximum atomic E-state index is 12.0. The summed E-state index contributed by atoms with van der Waals surface area (Å²) < 4.78 is 0. The highest BCUT2D eigenvalue weighted by Gasteiger charge is 2.11. The number of amidine groups is 1. The molecule has 25 heavy (non-hydrogen) atoms. The zero-order valence-electron chi connectivity index (χ0n) is 14.5. The van der Waals surface area contributed by atoms with Crippen molar-refractivity contribution in [2.45, 2.75) is 26.8 Å². The normalized spacial score (nSPS) is 12.6. The molecule has 132 valence electrons. The summed E-state index contributed by atoms with van der Waals surface area (Å²) in [4.78, 5) is 17.0. The lowest BCUT2D eigenvalue weighted by molar-refractivity contribution is -0.126. The molecule has 1 unspecified atom stereocenters. The second-order valence-electron chi connectivity index (χ2n) is 5.89. The minimum Gasteiger partial charge on any atom is -0.384 e. The molecule has 0 fully saturated rings. The van der Waals surface area contributed by atoms with Gasteiger partial charge in [0.05, 0.1) is 6.04 Å². The van der Waals surface area contributed by atoms with Crippen LogP contribution in [0.1, 0.15) is 35.2 Å². The third kappa shape index (κ3) is 5.50. The van der Waals surface area contributed by atoms with Crippen molar-refractivity contribution in [1.29, 1.82) is 0 Å². The summed E-state index contributed by atoms with van der Waals surface area (Å²) in [6, 6.07) is 12.9. The summed E-state index contributed by atoms with van der Waals surface area (Å²) in [6.45, 7) is 5.81. The lowest BCUT2D eigenvalue weighted by Gasteiger charge is -2.15. The number of nitrogens with zero attached hydrogens (tertiary/aromatic N) is 1. The van der Waals surface area contributed by atoms with E-state index in [-0.39, 0.29) is 24.4 Å². The summed E-state index contributed by atoms with van der Waals surface area (Å²) in [7, 11) is 0. The van der Waals surface area contributed by atoms with E-state index in [1.54, 1.807) is 24.3 Å². The predicted molar refractivity (Wildman–Crippen MR) is 101 cm³/mol. The standard InChI is InChI=1S/C19H22ClN3O2/c1-12-7-8-15(9-13(12)2)14(3)22-18(24)11-25-23-19(21)16-5-4-6-17(20)10-16/h4-10,14H,11H2,1-3H3,(H2,21,23)(H,22,24). The Balaban J connectivity index is 1.87. The van der Waals surface area contributed by atoms with Gasteiger partial charge in [-0.3, -0.25) is 4.79 Å². The molecule has 6 heteroatoms. The summed E-state index contributed by atoms with van der Waals surface area (Å²) in [5.41, 5.74) is 9.89. The summed E-state index contributed by atoms with van der Waals surface area (Å²) >= 11 is 5.89. The maximum Gasteiger partial charge on any atom is 0.261 e. The van der Waals surface area contributed by atoms with E-state index < -0.39 is 0 Å². The first-order valence-corrected chi connectivity index (χ1v) is 8.32. The molecule has 0 saturated heterocycles. The first-order chi connectivity index (χ1) is 11.9. The quantitative estimate of drug-likeness (QED) is 0.471. The smallest absolute Gasteiger partial charge is 0.261 e. The van der Waals surface area contributed by atoms with Gasteiger partial charge in [-0.2, -0.15) is 0 Å². The van der Waals surface area contributed by atoms with Gasteiger partial charge in [-0.05, 0) is 49.6 Å². The molecule has 2 aromatic carbocycles. The fraction of sp³-hybridized carbons (Fsp3) is 0.263. The van der Waals surface area contributed by atoms with Crippen LogP contribution < -0.4 is 11.1 Å². The number of amides is 1. The number of aryl methyl sites for hydroxylation is 2. The van der Waals surface area contributed by atoms with Gasteiger partial charge in [0.2, 0.25) is 0 Å². The van der Waals surface area contributed by atoms with E-state index >= 15 is 0 Å². The van der Waals surface area contributed by atoms with Gasteiger partial charge in [-0.15, -0.1) is 0 Å². The first kappa shape index (κ1) is 18.8. The van der Waals surface area contributed by atoms with Crippen LogP contribution in [0.2, 0.25) is 5.02 Å². The average Bonchev–Trinajstić information content (AvgIpc) is 2.57. The van der Waals surface area contributed by atoms with Crippen molar-refractivity contribution in [3.05, 3.63) is 69.7 Å². The molecule has 0 heterocycles. The molecule has 1 atom stereocenters. The van der Waals surface area contributed by atoms with E-state index in [1.165, 1.54) is 11.1 Å². The Bertz CT molecular complexity index is 790. The maximum absolute atomic E-state index is 12.0. The number of carbonyl (C=O) groups is 1. The van der Waals surface area contributed by atoms with Crippen LogP contribution >= 0.6 is 11.6 Å². The summed E-state index contributed by atoms with van der Waals surface area (Å²) in [5.74, 6) is -0.106. The molecule has 1 amide bonds. The van der Waals surface area contributed by atoms with Crippen molar-refractivity contribution in [2.24, 2.45) is 10.9 Å². The number of rotatable bonds is 6. The molecule has 0 saturated carbocycles. The Labute approximate surface area is 152 Å². The van der Waals surface area contributed by atoms with E-state index in [2.05, 4.69) is 23.5 Å². The highest BCUT2D eigenvalue weighted by atomic mass is 35.5. The Morgan fingerprint density at radius 2 is 2.00 bits per heavy atom. The summed E-state index contributed by atoms with van der Waals surface area (Å²) in [6.07, 6.45) is 0. The lowest BCUT2D eigenvalue weighted by atomic mass is 10.0. The van der Waals surface area contributed by atoms with Crippen LogP contribution in [0.25, 0.3) is 0 Å². The van der Waals surface area contributed by atoms with E-state index in [4.69, 9.17) is 22.2 Å². The number of oxime groups is 1. The van der Waals surface area contributed by atoms with Crippen LogP contribution in [0.3, 0.4) is 0 Å². The molecule has 0 aliphatic carbocycles. The number of hydrogen-bond donors (Lipinski definition) is 2. The van der Waals surface area contributed by atoms with Crippen molar-refractivity contribution >= 4 is 23.3 Å². The van der Waals surface area contributed by atoms with Gasteiger partial charge < -0.3 is 15.9 Å². The molecule has 0 aliphatic rings. The number of nitrogens with one attached hydrogen (secondary N) is 1. The Hall–Kier alpha value is -2.53. The van der Waals surface area contributed by atoms with E-state index in [1.807, 2.05) is 26.0 Å². The SMILES string of the molecule is Cc1ccc(C(C)NC(=O)CO/N=C(\N)c2cccc(Cl)c2)cc1C.